The van der Waals surface area contributed by atoms with Gasteiger partial charge in [-0.2, -0.15) is 11.8 Å². The third-order valence-electron chi connectivity index (χ3n) is 9.23. The van der Waals surface area contributed by atoms with Gasteiger partial charge in [-0.15, -0.1) is 0 Å². The first-order valence-electron chi connectivity index (χ1n) is 17.2. The molecule has 0 saturated carbocycles. The molecule has 0 spiro atoms. The minimum absolute atomic E-state index is 0.949. The van der Waals surface area contributed by atoms with E-state index in [1.165, 1.54) is 60.9 Å². The molecule has 0 aliphatic rings. The average molecular weight is 664 g/mol. The van der Waals surface area contributed by atoms with Crippen LogP contribution < -0.4 is 4.90 Å². The molecular weight excluding hydrogens is 623 g/mol. The van der Waals surface area contributed by atoms with Gasteiger partial charge in [0.05, 0.1) is 5.69 Å². The van der Waals surface area contributed by atoms with Crippen LogP contribution >= 0.6 is 11.8 Å². The minimum atomic E-state index is 0.949. The third-order valence-corrected chi connectivity index (χ3v) is 9.83. The number of nitrogens with zero attached hydrogens (tertiary/aromatic N) is 1. The zero-order chi connectivity index (χ0) is 34.3. The molecule has 0 heterocycles. The number of benzene rings is 7. The monoisotopic (exact) mass is 663 g/mol. The summed E-state index contributed by atoms with van der Waals surface area (Å²) >= 11 is 1.85. The van der Waals surface area contributed by atoms with Gasteiger partial charge in [0.2, 0.25) is 0 Å². The summed E-state index contributed by atoms with van der Waals surface area (Å²) in [6.45, 7) is 4.27. The molecule has 0 unspecified atom stereocenters. The molecule has 0 saturated heterocycles. The summed E-state index contributed by atoms with van der Waals surface area (Å²) in [6.07, 6.45) is 6.75. The second-order valence-corrected chi connectivity index (χ2v) is 13.5. The Labute approximate surface area is 301 Å². The molecule has 0 radical (unpaired) electrons. The largest absolute Gasteiger partial charge is 0.310 e. The molecule has 7 rings (SSSR count). The number of rotatable bonds is 10. The van der Waals surface area contributed by atoms with Crippen LogP contribution in [0.2, 0.25) is 0 Å². The molecule has 0 aliphatic carbocycles. The Morgan fingerprint density at radius 1 is 0.560 bits per heavy atom. The van der Waals surface area contributed by atoms with Gasteiger partial charge in [0, 0.05) is 22.5 Å². The highest BCUT2D eigenvalue weighted by atomic mass is 32.2. The van der Waals surface area contributed by atoms with E-state index < -0.39 is 0 Å². The van der Waals surface area contributed by atoms with E-state index in [1.54, 1.807) is 0 Å². The van der Waals surface area contributed by atoms with Crippen LogP contribution in [-0.2, 0) is 0 Å². The Kier molecular flexibility index (Phi) is 10.1. The van der Waals surface area contributed by atoms with Crippen LogP contribution in [0.4, 0.5) is 17.1 Å². The highest BCUT2D eigenvalue weighted by Crippen LogP contribution is 2.40. The fourth-order valence-corrected chi connectivity index (χ4v) is 7.24. The lowest BCUT2D eigenvalue weighted by Crippen LogP contribution is -2.10. The first-order chi connectivity index (χ1) is 24.6. The van der Waals surface area contributed by atoms with Crippen molar-refractivity contribution in [2.75, 3.05) is 16.9 Å². The van der Waals surface area contributed by atoms with Crippen LogP contribution in [0.5, 0.6) is 0 Å². The van der Waals surface area contributed by atoms with E-state index >= 15 is 0 Å². The van der Waals surface area contributed by atoms with Gasteiger partial charge in [-0.05, 0) is 100 Å². The van der Waals surface area contributed by atoms with Gasteiger partial charge in [-0.3, -0.25) is 0 Å². The summed E-state index contributed by atoms with van der Waals surface area (Å²) < 4.78 is 0. The van der Waals surface area contributed by atoms with Crippen molar-refractivity contribution in [1.29, 1.82) is 0 Å². The third kappa shape index (κ3) is 7.22. The summed E-state index contributed by atoms with van der Waals surface area (Å²) in [5.74, 6) is 0.949. The summed E-state index contributed by atoms with van der Waals surface area (Å²) in [7, 11) is 0. The van der Waals surface area contributed by atoms with Crippen LogP contribution in [0.15, 0.2) is 182 Å². The normalized spacial score (nSPS) is 11.9. The van der Waals surface area contributed by atoms with E-state index in [0.29, 0.717) is 0 Å². The number of allylic oxidation sites excluding steroid dienone is 3. The van der Waals surface area contributed by atoms with Crippen molar-refractivity contribution < 1.29 is 0 Å². The molecule has 244 valence electrons. The van der Waals surface area contributed by atoms with Gasteiger partial charge in [-0.1, -0.05) is 157 Å². The highest BCUT2D eigenvalue weighted by Gasteiger charge is 2.17. The maximum atomic E-state index is 2.40. The molecule has 7 aromatic carbocycles. The first-order valence-corrected chi connectivity index (χ1v) is 18.6. The number of fused-ring (bicyclic) bond motifs is 1. The zero-order valence-electron chi connectivity index (χ0n) is 28.9. The van der Waals surface area contributed by atoms with Gasteiger partial charge in [-0.25, -0.2) is 0 Å². The summed E-state index contributed by atoms with van der Waals surface area (Å²) in [5.41, 5.74) is 14.5. The first kappa shape index (κ1) is 33.0. The Bertz CT molecular complexity index is 2270. The Balaban J connectivity index is 1.28. The SMILES string of the molecule is C/C=C(\C=C(/CSC)c1ccccc1)c1cccc(N(c2ccc(-c3ccc(-c4cccc(C)c4)cc3)cc2)c2cccc3ccccc23)c1. The van der Waals surface area contributed by atoms with Gasteiger partial charge < -0.3 is 4.90 Å². The summed E-state index contributed by atoms with van der Waals surface area (Å²) in [6, 6.07) is 61.5. The van der Waals surface area contributed by atoms with E-state index in [4.69, 9.17) is 0 Å². The molecule has 0 amide bonds. The number of anilines is 3. The second kappa shape index (κ2) is 15.3. The quantitative estimate of drug-likeness (QED) is 0.134. The molecule has 0 fully saturated rings. The Morgan fingerprint density at radius 3 is 1.90 bits per heavy atom. The summed E-state index contributed by atoms with van der Waals surface area (Å²) in [5, 5.41) is 2.44. The topological polar surface area (TPSA) is 3.24 Å². The van der Waals surface area contributed by atoms with Crippen LogP contribution in [-0.4, -0.2) is 12.0 Å². The van der Waals surface area contributed by atoms with E-state index in [0.717, 1.165) is 22.8 Å². The molecule has 0 N–H and O–H groups in total. The van der Waals surface area contributed by atoms with Crippen molar-refractivity contribution in [3.05, 3.63) is 199 Å². The Hall–Kier alpha value is -5.57. The van der Waals surface area contributed by atoms with Gasteiger partial charge in [0.1, 0.15) is 0 Å². The van der Waals surface area contributed by atoms with E-state index in [-0.39, 0.29) is 0 Å². The molecular formula is C48H41NS. The molecule has 1 nitrogen and oxygen atoms in total. The number of hydrogen-bond acceptors (Lipinski definition) is 2. The number of aryl methyl sites for hydroxylation is 1. The summed E-state index contributed by atoms with van der Waals surface area (Å²) in [4.78, 5) is 2.40. The molecule has 0 aromatic heterocycles. The Morgan fingerprint density at radius 2 is 1.18 bits per heavy atom. The lowest BCUT2D eigenvalue weighted by molar-refractivity contribution is 1.29. The number of thioether (sulfide) groups is 1. The maximum Gasteiger partial charge on any atom is 0.0540 e. The van der Waals surface area contributed by atoms with Crippen LogP contribution in [0.25, 0.3) is 44.2 Å². The minimum Gasteiger partial charge on any atom is -0.310 e. The number of hydrogen-bond donors (Lipinski definition) is 0. The van der Waals surface area contributed by atoms with Crippen LogP contribution in [0.3, 0.4) is 0 Å². The second-order valence-electron chi connectivity index (χ2n) is 12.6. The van der Waals surface area contributed by atoms with Crippen molar-refractivity contribution in [1.82, 2.24) is 0 Å². The van der Waals surface area contributed by atoms with Crippen LogP contribution in [0.1, 0.15) is 23.6 Å². The molecule has 0 aliphatic heterocycles. The van der Waals surface area contributed by atoms with Gasteiger partial charge >= 0.3 is 0 Å². The molecule has 7 aromatic rings. The fourth-order valence-electron chi connectivity index (χ4n) is 6.67. The van der Waals surface area contributed by atoms with Crippen molar-refractivity contribution in [2.24, 2.45) is 0 Å². The lowest BCUT2D eigenvalue weighted by atomic mass is 9.98. The predicted octanol–water partition coefficient (Wildman–Crippen LogP) is 13.8. The lowest BCUT2D eigenvalue weighted by Gasteiger charge is -2.27. The van der Waals surface area contributed by atoms with Crippen molar-refractivity contribution in [3.8, 4) is 22.3 Å². The highest BCUT2D eigenvalue weighted by molar-refractivity contribution is 7.99. The smallest absolute Gasteiger partial charge is 0.0540 e. The van der Waals surface area contributed by atoms with Crippen molar-refractivity contribution in [2.45, 2.75) is 13.8 Å². The zero-order valence-corrected chi connectivity index (χ0v) is 29.7. The molecule has 0 atom stereocenters. The van der Waals surface area contributed by atoms with Crippen molar-refractivity contribution >= 4 is 50.7 Å². The standard InChI is InChI=1S/C48H41NS/c1-4-36(32-44(34-50-3)37-14-6-5-7-15-37)43-19-11-20-46(33-43)49(48-22-12-17-41-16-8-9-21-47(41)48)45-29-27-39(28-30-45)38-23-25-40(26-24-38)42-18-10-13-35(2)31-42/h4-33H,34H2,1-3H3/b36-4+,44-32+. The van der Waals surface area contributed by atoms with E-state index in [2.05, 4.69) is 207 Å². The van der Waals surface area contributed by atoms with E-state index in [1.807, 2.05) is 11.8 Å². The molecule has 0 bridgehead atoms. The maximum absolute atomic E-state index is 2.40. The van der Waals surface area contributed by atoms with Gasteiger partial charge in [0.25, 0.3) is 0 Å². The average Bonchev–Trinajstić information content (AvgIpc) is 3.17. The van der Waals surface area contributed by atoms with Gasteiger partial charge in [0.15, 0.2) is 0 Å². The molecule has 2 heteroatoms. The fraction of sp³-hybridized carbons (Fsp3) is 0.0833. The van der Waals surface area contributed by atoms with Crippen LogP contribution in [0, 0.1) is 6.92 Å². The van der Waals surface area contributed by atoms with Crippen molar-refractivity contribution in [3.63, 3.8) is 0 Å². The molecule has 50 heavy (non-hydrogen) atoms. The predicted molar refractivity (Wildman–Crippen MR) is 221 cm³/mol. The van der Waals surface area contributed by atoms with E-state index in [9.17, 15) is 0 Å².